The number of anilines is 1. The van der Waals surface area contributed by atoms with Crippen LogP contribution in [0, 0.1) is 11.8 Å². The van der Waals surface area contributed by atoms with E-state index in [1.165, 1.54) is 20.0 Å². The smallest absolute Gasteiger partial charge is 0.341 e. The number of carbonyl (C=O) groups excluding carboxylic acids is 1. The molecule has 0 amide bonds. The third kappa shape index (κ3) is 3.06. The second-order valence-corrected chi connectivity index (χ2v) is 5.41. The number of ether oxygens (including phenoxy) is 1. The molecule has 4 nitrogen and oxygen atoms in total. The topological polar surface area (TPSA) is 51.2 Å². The summed E-state index contributed by atoms with van der Waals surface area (Å²) in [6.45, 7) is 4.56. The van der Waals surface area contributed by atoms with Gasteiger partial charge in [-0.1, -0.05) is 26.7 Å². The van der Waals surface area contributed by atoms with Crippen molar-refractivity contribution in [2.45, 2.75) is 39.2 Å². The fourth-order valence-corrected chi connectivity index (χ4v) is 2.76. The van der Waals surface area contributed by atoms with Crippen molar-refractivity contribution >= 4 is 11.8 Å². The minimum Gasteiger partial charge on any atom is -0.465 e. The lowest BCUT2D eigenvalue weighted by Crippen LogP contribution is -2.35. The number of nitrogens with one attached hydrogen (secondary N) is 1. The molecule has 1 saturated carbocycles. The summed E-state index contributed by atoms with van der Waals surface area (Å²) in [6.07, 6.45) is 5.34. The van der Waals surface area contributed by atoms with E-state index in [0.717, 1.165) is 6.42 Å². The molecule has 0 spiro atoms. The van der Waals surface area contributed by atoms with Gasteiger partial charge in [0.1, 0.15) is 11.4 Å². The van der Waals surface area contributed by atoms with Crippen LogP contribution in [-0.2, 0) is 4.74 Å². The van der Waals surface area contributed by atoms with Crippen LogP contribution in [0.25, 0.3) is 0 Å². The molecule has 1 aromatic rings. The first-order valence-corrected chi connectivity index (χ1v) is 6.93. The van der Waals surface area contributed by atoms with Gasteiger partial charge in [-0.3, -0.25) is 0 Å². The van der Waals surface area contributed by atoms with E-state index >= 15 is 0 Å². The highest BCUT2D eigenvalue weighted by molar-refractivity contribution is 5.94. The molecule has 3 atom stereocenters. The number of esters is 1. The molecule has 1 N–H and O–H groups in total. The van der Waals surface area contributed by atoms with Gasteiger partial charge in [0.25, 0.3) is 0 Å². The maximum atomic E-state index is 11.7. The van der Waals surface area contributed by atoms with Crippen LogP contribution in [-0.4, -0.2) is 24.1 Å². The number of carbonyl (C=O) groups is 1. The fourth-order valence-electron chi connectivity index (χ4n) is 2.76. The Hall–Kier alpha value is -1.58. The molecule has 1 aliphatic carbocycles. The molecule has 104 valence electrons. The van der Waals surface area contributed by atoms with Gasteiger partial charge >= 0.3 is 5.97 Å². The molecular formula is C15H22N2O2. The number of hydrogen-bond acceptors (Lipinski definition) is 4. The average Bonchev–Trinajstić information content (AvgIpc) is 2.43. The highest BCUT2D eigenvalue weighted by Gasteiger charge is 2.28. The van der Waals surface area contributed by atoms with Crippen molar-refractivity contribution in [3.8, 4) is 0 Å². The Balaban J connectivity index is 2.16. The van der Waals surface area contributed by atoms with Crippen molar-refractivity contribution in [1.82, 2.24) is 4.98 Å². The molecular weight excluding hydrogens is 240 g/mol. The number of methoxy groups -OCH3 is 1. The van der Waals surface area contributed by atoms with Crippen LogP contribution >= 0.6 is 0 Å². The van der Waals surface area contributed by atoms with E-state index in [1.807, 2.05) is 0 Å². The first-order valence-electron chi connectivity index (χ1n) is 6.93. The van der Waals surface area contributed by atoms with Crippen LogP contribution in [0.15, 0.2) is 18.3 Å². The van der Waals surface area contributed by atoms with Crippen LogP contribution in [0.2, 0.25) is 0 Å². The molecule has 1 aromatic heterocycles. The first-order chi connectivity index (χ1) is 9.13. The SMILES string of the molecule is COC(=O)c1cccnc1NC1CCCC(C)C1C. The van der Waals surface area contributed by atoms with Gasteiger partial charge in [-0.05, 0) is 30.4 Å². The lowest BCUT2D eigenvalue weighted by Gasteiger charge is -2.35. The van der Waals surface area contributed by atoms with Gasteiger partial charge < -0.3 is 10.1 Å². The highest BCUT2D eigenvalue weighted by Crippen LogP contribution is 2.31. The second kappa shape index (κ2) is 6.04. The Morgan fingerprint density at radius 2 is 2.21 bits per heavy atom. The van der Waals surface area contributed by atoms with E-state index in [2.05, 4.69) is 24.1 Å². The zero-order chi connectivity index (χ0) is 13.8. The molecule has 0 bridgehead atoms. The zero-order valence-corrected chi connectivity index (χ0v) is 11.8. The van der Waals surface area contributed by atoms with E-state index in [-0.39, 0.29) is 5.97 Å². The third-order valence-corrected chi connectivity index (χ3v) is 4.24. The molecule has 4 heteroatoms. The molecule has 0 aliphatic heterocycles. The molecule has 3 unspecified atom stereocenters. The average molecular weight is 262 g/mol. The summed E-state index contributed by atoms with van der Waals surface area (Å²) in [5.74, 6) is 1.59. The minimum absolute atomic E-state index is 0.341. The second-order valence-electron chi connectivity index (χ2n) is 5.41. The predicted molar refractivity (Wildman–Crippen MR) is 75.2 cm³/mol. The zero-order valence-electron chi connectivity index (χ0n) is 11.8. The van der Waals surface area contributed by atoms with Gasteiger partial charge in [0.2, 0.25) is 0 Å². The molecule has 2 rings (SSSR count). The molecule has 1 aliphatic rings. The maximum Gasteiger partial charge on any atom is 0.341 e. The normalized spacial score (nSPS) is 26.8. The van der Waals surface area contributed by atoms with Crippen LogP contribution in [0.4, 0.5) is 5.82 Å². The fraction of sp³-hybridized carbons (Fsp3) is 0.600. The lowest BCUT2D eigenvalue weighted by atomic mass is 9.78. The minimum atomic E-state index is -0.341. The van der Waals surface area contributed by atoms with Crippen LogP contribution < -0.4 is 5.32 Å². The predicted octanol–water partition coefficient (Wildman–Crippen LogP) is 3.10. The van der Waals surface area contributed by atoms with Gasteiger partial charge in [-0.2, -0.15) is 0 Å². The standard InChI is InChI=1S/C15H22N2O2/c1-10-6-4-8-13(11(10)2)17-14-12(15(18)19-3)7-5-9-16-14/h5,7,9-11,13H,4,6,8H2,1-3H3,(H,16,17). The van der Waals surface area contributed by atoms with Crippen LogP contribution in [0.5, 0.6) is 0 Å². The van der Waals surface area contributed by atoms with Crippen molar-refractivity contribution in [3.63, 3.8) is 0 Å². The number of nitrogens with zero attached hydrogens (tertiary/aromatic N) is 1. The van der Waals surface area contributed by atoms with Crippen molar-refractivity contribution in [2.75, 3.05) is 12.4 Å². The monoisotopic (exact) mass is 262 g/mol. The van der Waals surface area contributed by atoms with E-state index in [1.54, 1.807) is 18.3 Å². The Kier molecular flexibility index (Phi) is 4.40. The van der Waals surface area contributed by atoms with E-state index in [4.69, 9.17) is 4.74 Å². The number of rotatable bonds is 3. The first kappa shape index (κ1) is 13.8. The highest BCUT2D eigenvalue weighted by atomic mass is 16.5. The summed E-state index contributed by atoms with van der Waals surface area (Å²) in [7, 11) is 1.39. The van der Waals surface area contributed by atoms with Crippen molar-refractivity contribution < 1.29 is 9.53 Å². The lowest BCUT2D eigenvalue weighted by molar-refractivity contribution is 0.0601. The van der Waals surface area contributed by atoms with Crippen molar-refractivity contribution in [1.29, 1.82) is 0 Å². The van der Waals surface area contributed by atoms with E-state index in [9.17, 15) is 4.79 Å². The third-order valence-electron chi connectivity index (χ3n) is 4.24. The molecule has 0 aromatic carbocycles. The molecule has 19 heavy (non-hydrogen) atoms. The van der Waals surface area contributed by atoms with Crippen molar-refractivity contribution in [3.05, 3.63) is 23.9 Å². The molecule has 1 heterocycles. The van der Waals surface area contributed by atoms with E-state index in [0.29, 0.717) is 29.3 Å². The molecule has 0 radical (unpaired) electrons. The van der Waals surface area contributed by atoms with Gasteiger partial charge in [0, 0.05) is 12.2 Å². The largest absolute Gasteiger partial charge is 0.465 e. The summed E-state index contributed by atoms with van der Waals surface area (Å²) in [4.78, 5) is 16.0. The van der Waals surface area contributed by atoms with Gasteiger partial charge in [0.15, 0.2) is 0 Å². The van der Waals surface area contributed by atoms with Crippen LogP contribution in [0.1, 0.15) is 43.5 Å². The quantitative estimate of drug-likeness (QED) is 0.850. The number of aromatic nitrogens is 1. The van der Waals surface area contributed by atoms with Gasteiger partial charge in [-0.25, -0.2) is 9.78 Å². The Labute approximate surface area is 114 Å². The van der Waals surface area contributed by atoms with Crippen molar-refractivity contribution in [2.24, 2.45) is 11.8 Å². The molecule has 1 fully saturated rings. The summed E-state index contributed by atoms with van der Waals surface area (Å²) >= 11 is 0. The Morgan fingerprint density at radius 1 is 1.42 bits per heavy atom. The maximum absolute atomic E-state index is 11.7. The van der Waals surface area contributed by atoms with Crippen LogP contribution in [0.3, 0.4) is 0 Å². The summed E-state index contributed by atoms with van der Waals surface area (Å²) in [5, 5.41) is 3.43. The Morgan fingerprint density at radius 3 is 2.95 bits per heavy atom. The summed E-state index contributed by atoms with van der Waals surface area (Å²) < 4.78 is 4.80. The summed E-state index contributed by atoms with van der Waals surface area (Å²) in [5.41, 5.74) is 0.510. The summed E-state index contributed by atoms with van der Waals surface area (Å²) in [6, 6.07) is 3.88. The van der Waals surface area contributed by atoms with E-state index < -0.39 is 0 Å². The molecule has 0 saturated heterocycles. The number of hydrogen-bond donors (Lipinski definition) is 1. The number of pyridine rings is 1. The van der Waals surface area contributed by atoms with Gasteiger partial charge in [-0.15, -0.1) is 0 Å². The van der Waals surface area contributed by atoms with Gasteiger partial charge in [0.05, 0.1) is 7.11 Å². The Bertz CT molecular complexity index is 448.